The number of thiazole rings is 1. The van der Waals surface area contributed by atoms with Gasteiger partial charge in [0.25, 0.3) is 5.91 Å². The molecule has 2 amide bonds. The molecule has 160 valence electrons. The third-order valence-electron chi connectivity index (χ3n) is 4.89. The number of fused-ring (bicyclic) bond motifs is 1. The van der Waals surface area contributed by atoms with Crippen LogP contribution in [0.1, 0.15) is 18.4 Å². The average Bonchev–Trinajstić information content (AvgIpc) is 3.25. The summed E-state index contributed by atoms with van der Waals surface area (Å²) in [6.07, 6.45) is 1.98. The number of benzene rings is 2. The molecule has 0 fully saturated rings. The van der Waals surface area contributed by atoms with Crippen LogP contribution in [0.3, 0.4) is 0 Å². The van der Waals surface area contributed by atoms with Crippen LogP contribution in [0, 0.1) is 0 Å². The van der Waals surface area contributed by atoms with Crippen molar-refractivity contribution in [2.75, 3.05) is 30.5 Å². The second kappa shape index (κ2) is 9.18. The summed E-state index contributed by atoms with van der Waals surface area (Å²) in [6.45, 7) is 1.92. The fraction of sp³-hybridized carbons (Fsp3) is 0.261. The molecule has 1 N–H and O–H groups in total. The number of nitrogens with zero attached hydrogens (tertiary/aromatic N) is 2. The maximum Gasteiger partial charge on any atom is 0.265 e. The molecule has 7 nitrogen and oxygen atoms in total. The zero-order valence-electron chi connectivity index (χ0n) is 17.4. The van der Waals surface area contributed by atoms with Crippen LogP contribution >= 0.6 is 11.3 Å². The molecule has 0 spiro atoms. The number of carbonyl (C=O) groups is 2. The fourth-order valence-electron chi connectivity index (χ4n) is 3.33. The zero-order valence-corrected chi connectivity index (χ0v) is 18.2. The van der Waals surface area contributed by atoms with Crippen LogP contribution in [0.15, 0.2) is 47.8 Å². The number of nitrogens with one attached hydrogen (secondary N) is 1. The van der Waals surface area contributed by atoms with Crippen LogP contribution in [-0.4, -0.2) is 37.1 Å². The first-order valence-corrected chi connectivity index (χ1v) is 10.9. The van der Waals surface area contributed by atoms with Gasteiger partial charge in [0.15, 0.2) is 6.61 Å². The van der Waals surface area contributed by atoms with E-state index in [1.807, 2.05) is 23.6 Å². The highest BCUT2D eigenvalue weighted by atomic mass is 32.1. The lowest BCUT2D eigenvalue weighted by Crippen LogP contribution is -2.43. The van der Waals surface area contributed by atoms with Gasteiger partial charge in [-0.25, -0.2) is 4.98 Å². The van der Waals surface area contributed by atoms with Gasteiger partial charge < -0.3 is 14.8 Å². The molecule has 2 aromatic carbocycles. The molecule has 4 rings (SSSR count). The maximum atomic E-state index is 12.6. The normalized spacial score (nSPS) is 12.8. The molecule has 2 heterocycles. The molecule has 1 aliphatic heterocycles. The Morgan fingerprint density at radius 3 is 2.81 bits per heavy atom. The molecule has 0 unspecified atom stereocenters. The minimum Gasteiger partial charge on any atom is -0.497 e. The van der Waals surface area contributed by atoms with Crippen molar-refractivity contribution in [3.63, 3.8) is 0 Å². The number of ether oxygens (including phenoxy) is 2. The Hall–Kier alpha value is -3.39. The summed E-state index contributed by atoms with van der Waals surface area (Å²) in [7, 11) is 1.58. The second-order valence-corrected chi connectivity index (χ2v) is 8.05. The van der Waals surface area contributed by atoms with Crippen molar-refractivity contribution in [2.45, 2.75) is 19.8 Å². The molecular weight excluding hydrogens is 414 g/mol. The number of amides is 2. The Bertz CT molecular complexity index is 1090. The lowest BCUT2D eigenvalue weighted by Gasteiger charge is -2.29. The van der Waals surface area contributed by atoms with E-state index in [9.17, 15) is 9.59 Å². The smallest absolute Gasteiger partial charge is 0.265 e. The van der Waals surface area contributed by atoms with Gasteiger partial charge >= 0.3 is 0 Å². The van der Waals surface area contributed by atoms with Crippen LogP contribution in [0.4, 0.5) is 11.4 Å². The summed E-state index contributed by atoms with van der Waals surface area (Å²) >= 11 is 1.63. The number of rotatable bonds is 7. The van der Waals surface area contributed by atoms with Gasteiger partial charge in [-0.1, -0.05) is 6.92 Å². The van der Waals surface area contributed by atoms with E-state index in [0.29, 0.717) is 22.9 Å². The molecule has 0 bridgehead atoms. The minimum atomic E-state index is -0.296. The van der Waals surface area contributed by atoms with Gasteiger partial charge in [0, 0.05) is 16.6 Å². The first-order chi connectivity index (χ1) is 15.1. The molecule has 0 saturated heterocycles. The standard InChI is InChI=1S/C23H23N3O4S/c1-3-4-22-25-18(14-31-22)15-5-10-20-19(11-15)26(23(28)13-30-20)12-21(27)24-16-6-8-17(29-2)9-7-16/h5-11,14H,3-4,12-13H2,1-2H3,(H,24,27). The Balaban J connectivity index is 1.54. The van der Waals surface area contributed by atoms with Crippen molar-refractivity contribution in [1.29, 1.82) is 0 Å². The van der Waals surface area contributed by atoms with Crippen molar-refractivity contribution in [3.05, 3.63) is 52.9 Å². The van der Waals surface area contributed by atoms with E-state index in [1.54, 1.807) is 42.7 Å². The lowest BCUT2D eigenvalue weighted by molar-refractivity contribution is -0.123. The summed E-state index contributed by atoms with van der Waals surface area (Å²) in [6, 6.07) is 12.6. The molecule has 31 heavy (non-hydrogen) atoms. The van der Waals surface area contributed by atoms with E-state index in [1.165, 1.54) is 4.90 Å². The third kappa shape index (κ3) is 4.69. The lowest BCUT2D eigenvalue weighted by atomic mass is 10.1. The highest BCUT2D eigenvalue weighted by Crippen LogP contribution is 2.36. The predicted octanol–water partition coefficient (Wildman–Crippen LogP) is 4.14. The summed E-state index contributed by atoms with van der Waals surface area (Å²) in [4.78, 5) is 31.3. The number of aryl methyl sites for hydroxylation is 1. The molecule has 0 radical (unpaired) electrons. The van der Waals surface area contributed by atoms with E-state index in [0.717, 1.165) is 29.1 Å². The van der Waals surface area contributed by atoms with Crippen LogP contribution in [0.2, 0.25) is 0 Å². The third-order valence-corrected chi connectivity index (χ3v) is 5.80. The van der Waals surface area contributed by atoms with E-state index in [2.05, 4.69) is 17.2 Å². The van der Waals surface area contributed by atoms with Gasteiger partial charge in [-0.2, -0.15) is 0 Å². The Kier molecular flexibility index (Phi) is 6.18. The van der Waals surface area contributed by atoms with Gasteiger partial charge in [0.2, 0.25) is 5.91 Å². The van der Waals surface area contributed by atoms with Gasteiger partial charge in [0.1, 0.15) is 18.0 Å². The number of methoxy groups -OCH3 is 1. The van der Waals surface area contributed by atoms with Crippen molar-refractivity contribution < 1.29 is 19.1 Å². The van der Waals surface area contributed by atoms with Crippen molar-refractivity contribution >= 4 is 34.5 Å². The molecule has 0 atom stereocenters. The quantitative estimate of drug-likeness (QED) is 0.601. The maximum absolute atomic E-state index is 12.6. The zero-order chi connectivity index (χ0) is 21.8. The van der Waals surface area contributed by atoms with Gasteiger partial charge in [-0.15, -0.1) is 11.3 Å². The number of hydrogen-bond donors (Lipinski definition) is 1. The number of anilines is 2. The molecular formula is C23H23N3O4S. The number of aromatic nitrogens is 1. The summed E-state index contributed by atoms with van der Waals surface area (Å²) < 4.78 is 10.7. The Morgan fingerprint density at radius 1 is 1.26 bits per heavy atom. The van der Waals surface area contributed by atoms with Crippen LogP contribution < -0.4 is 19.7 Å². The highest BCUT2D eigenvalue weighted by Gasteiger charge is 2.28. The molecule has 0 aliphatic carbocycles. The Morgan fingerprint density at radius 2 is 2.06 bits per heavy atom. The highest BCUT2D eigenvalue weighted by molar-refractivity contribution is 7.09. The summed E-state index contributed by atoms with van der Waals surface area (Å²) in [5.74, 6) is 0.715. The monoisotopic (exact) mass is 437 g/mol. The summed E-state index contributed by atoms with van der Waals surface area (Å²) in [5, 5.41) is 5.91. The largest absolute Gasteiger partial charge is 0.497 e. The number of carbonyl (C=O) groups excluding carboxylic acids is 2. The first-order valence-electron chi connectivity index (χ1n) is 10.0. The van der Waals surface area contributed by atoms with E-state index >= 15 is 0 Å². The molecule has 0 saturated carbocycles. The van der Waals surface area contributed by atoms with Gasteiger partial charge in [0.05, 0.1) is 23.5 Å². The van der Waals surface area contributed by atoms with Gasteiger partial charge in [-0.3, -0.25) is 14.5 Å². The van der Waals surface area contributed by atoms with E-state index < -0.39 is 0 Å². The molecule has 1 aliphatic rings. The molecule has 1 aromatic heterocycles. The number of hydrogen-bond acceptors (Lipinski definition) is 6. The SMILES string of the molecule is CCCc1nc(-c2ccc3c(c2)N(CC(=O)Nc2ccc(OC)cc2)C(=O)CO3)cs1. The minimum absolute atomic E-state index is 0.0977. The van der Waals surface area contributed by atoms with E-state index in [-0.39, 0.29) is 25.0 Å². The van der Waals surface area contributed by atoms with Crippen molar-refractivity contribution in [3.8, 4) is 22.8 Å². The van der Waals surface area contributed by atoms with Crippen molar-refractivity contribution in [1.82, 2.24) is 4.98 Å². The second-order valence-electron chi connectivity index (χ2n) is 7.10. The van der Waals surface area contributed by atoms with Crippen LogP contribution in [-0.2, 0) is 16.0 Å². The van der Waals surface area contributed by atoms with Gasteiger partial charge in [-0.05, 0) is 55.3 Å². The van der Waals surface area contributed by atoms with Crippen molar-refractivity contribution in [2.24, 2.45) is 0 Å². The van der Waals surface area contributed by atoms with Crippen LogP contribution in [0.25, 0.3) is 11.3 Å². The fourth-order valence-corrected chi connectivity index (χ4v) is 4.23. The van der Waals surface area contributed by atoms with E-state index in [4.69, 9.17) is 9.47 Å². The predicted molar refractivity (Wildman–Crippen MR) is 121 cm³/mol. The first kappa shape index (κ1) is 20.9. The Labute approximate surface area is 184 Å². The molecule has 8 heteroatoms. The average molecular weight is 438 g/mol. The molecule has 3 aromatic rings. The van der Waals surface area contributed by atoms with Crippen LogP contribution in [0.5, 0.6) is 11.5 Å². The topological polar surface area (TPSA) is 80.8 Å². The summed E-state index contributed by atoms with van der Waals surface area (Å²) in [5.41, 5.74) is 2.95.